The Balaban J connectivity index is 3.03. The molecule has 0 amide bonds. The van der Waals surface area contributed by atoms with Crippen molar-refractivity contribution in [1.29, 1.82) is 0 Å². The lowest BCUT2D eigenvalue weighted by atomic mass is 9.76. The normalized spacial score (nSPS) is 17.3. The summed E-state index contributed by atoms with van der Waals surface area (Å²) in [4.78, 5) is 23.9. The maximum absolute atomic E-state index is 12.0. The summed E-state index contributed by atoms with van der Waals surface area (Å²) >= 11 is 0. The molecule has 0 saturated heterocycles. The van der Waals surface area contributed by atoms with E-state index in [0.717, 1.165) is 24.8 Å². The van der Waals surface area contributed by atoms with Gasteiger partial charge < -0.3 is 9.47 Å². The fraction of sp³-hybridized carbons (Fsp3) is 0.600. The molecular formula is C15H22O4. The summed E-state index contributed by atoms with van der Waals surface area (Å²) in [5.74, 6) is -1.13. The Morgan fingerprint density at radius 2 is 1.84 bits per heavy atom. The van der Waals surface area contributed by atoms with Crippen LogP contribution in [0.3, 0.4) is 0 Å². The molecule has 0 radical (unpaired) electrons. The zero-order chi connectivity index (χ0) is 14.5. The number of carbonyl (C=O) groups is 2. The first-order chi connectivity index (χ1) is 9.01. The average Bonchev–Trinajstić information content (AvgIpc) is 2.44. The second-order valence-corrected chi connectivity index (χ2v) is 4.87. The topological polar surface area (TPSA) is 52.6 Å². The Hall–Kier alpha value is -1.58. The smallest absolute Gasteiger partial charge is 0.327 e. The number of rotatable bonds is 5. The molecule has 4 nitrogen and oxygen atoms in total. The van der Waals surface area contributed by atoms with E-state index in [-0.39, 0.29) is 0 Å². The van der Waals surface area contributed by atoms with Gasteiger partial charge in [-0.15, -0.1) is 0 Å². The van der Waals surface area contributed by atoms with Crippen LogP contribution in [0.5, 0.6) is 0 Å². The molecule has 0 aromatic rings. The quantitative estimate of drug-likeness (QED) is 0.567. The van der Waals surface area contributed by atoms with Crippen LogP contribution in [0.2, 0.25) is 0 Å². The van der Waals surface area contributed by atoms with E-state index in [2.05, 4.69) is 6.92 Å². The minimum atomic E-state index is -1.32. The van der Waals surface area contributed by atoms with E-state index >= 15 is 0 Å². The highest BCUT2D eigenvalue weighted by molar-refractivity contribution is 6.03. The summed E-state index contributed by atoms with van der Waals surface area (Å²) in [7, 11) is 2.57. The largest absolute Gasteiger partial charge is 0.468 e. The molecular weight excluding hydrogens is 244 g/mol. The van der Waals surface area contributed by atoms with Crippen LogP contribution in [-0.2, 0) is 19.1 Å². The first kappa shape index (κ1) is 15.5. The van der Waals surface area contributed by atoms with Crippen LogP contribution in [0.25, 0.3) is 0 Å². The van der Waals surface area contributed by atoms with Crippen molar-refractivity contribution in [3.05, 3.63) is 23.3 Å². The second-order valence-electron chi connectivity index (χ2n) is 4.87. The first-order valence-electron chi connectivity index (χ1n) is 6.56. The molecule has 0 aromatic heterocycles. The fourth-order valence-corrected chi connectivity index (χ4v) is 2.37. The van der Waals surface area contributed by atoms with Crippen molar-refractivity contribution in [2.75, 3.05) is 14.2 Å². The third-order valence-corrected chi connectivity index (χ3v) is 3.56. The number of hydrogen-bond donors (Lipinski definition) is 0. The van der Waals surface area contributed by atoms with E-state index in [4.69, 9.17) is 9.47 Å². The molecule has 0 atom stereocenters. The molecule has 0 aromatic carbocycles. The third-order valence-electron chi connectivity index (χ3n) is 3.56. The van der Waals surface area contributed by atoms with E-state index in [1.165, 1.54) is 19.8 Å². The van der Waals surface area contributed by atoms with E-state index in [0.29, 0.717) is 6.42 Å². The minimum Gasteiger partial charge on any atom is -0.468 e. The highest BCUT2D eigenvalue weighted by atomic mass is 16.5. The van der Waals surface area contributed by atoms with Gasteiger partial charge in [0.1, 0.15) is 0 Å². The molecule has 0 bridgehead atoms. The van der Waals surface area contributed by atoms with E-state index in [1.807, 2.05) is 13.0 Å². The average molecular weight is 266 g/mol. The van der Waals surface area contributed by atoms with Crippen molar-refractivity contribution in [2.24, 2.45) is 5.41 Å². The summed E-state index contributed by atoms with van der Waals surface area (Å²) in [5.41, 5.74) is 0.931. The van der Waals surface area contributed by atoms with Gasteiger partial charge >= 0.3 is 11.9 Å². The monoisotopic (exact) mass is 266 g/mol. The number of ether oxygens (including phenoxy) is 2. The second kappa shape index (κ2) is 6.55. The first-order valence-corrected chi connectivity index (χ1v) is 6.56. The lowest BCUT2D eigenvalue weighted by Crippen LogP contribution is -2.41. The van der Waals surface area contributed by atoms with Crippen molar-refractivity contribution < 1.29 is 19.1 Å². The van der Waals surface area contributed by atoms with Gasteiger partial charge in [-0.1, -0.05) is 31.1 Å². The standard InChI is InChI=1S/C15H22O4/c1-5-6-7-12-8-9-15(10-11(12)2,13(16)18-3)14(17)19-4/h8-9H,5-7,10H2,1-4H3. The molecule has 0 spiro atoms. The van der Waals surface area contributed by atoms with E-state index in [1.54, 1.807) is 6.08 Å². The van der Waals surface area contributed by atoms with Crippen LogP contribution in [0, 0.1) is 5.41 Å². The Bertz CT molecular complexity index is 402. The van der Waals surface area contributed by atoms with Gasteiger partial charge in [-0.05, 0) is 31.8 Å². The van der Waals surface area contributed by atoms with Crippen LogP contribution in [-0.4, -0.2) is 26.2 Å². The highest BCUT2D eigenvalue weighted by Crippen LogP contribution is 2.37. The Kier molecular flexibility index (Phi) is 5.33. The van der Waals surface area contributed by atoms with Gasteiger partial charge in [0, 0.05) is 0 Å². The van der Waals surface area contributed by atoms with Gasteiger partial charge in [0.15, 0.2) is 5.41 Å². The zero-order valence-corrected chi connectivity index (χ0v) is 12.1. The van der Waals surface area contributed by atoms with Gasteiger partial charge in [-0.25, -0.2) is 0 Å². The van der Waals surface area contributed by atoms with Crippen molar-refractivity contribution in [3.63, 3.8) is 0 Å². The summed E-state index contributed by atoms with van der Waals surface area (Å²) in [6, 6.07) is 0. The minimum absolute atomic E-state index is 0.335. The predicted molar refractivity (Wildman–Crippen MR) is 72.4 cm³/mol. The lowest BCUT2D eigenvalue weighted by molar-refractivity contribution is -0.165. The predicted octanol–water partition coefficient (Wildman–Crippen LogP) is 2.79. The van der Waals surface area contributed by atoms with Gasteiger partial charge in [0.05, 0.1) is 14.2 Å². The van der Waals surface area contributed by atoms with Crippen molar-refractivity contribution in [2.45, 2.75) is 39.5 Å². The van der Waals surface area contributed by atoms with Crippen LogP contribution >= 0.6 is 0 Å². The molecule has 1 rings (SSSR count). The Morgan fingerprint density at radius 1 is 1.26 bits per heavy atom. The summed E-state index contributed by atoms with van der Waals surface area (Å²) < 4.78 is 9.53. The van der Waals surface area contributed by atoms with Crippen LogP contribution in [0.4, 0.5) is 0 Å². The van der Waals surface area contributed by atoms with Crippen LogP contribution < -0.4 is 0 Å². The summed E-state index contributed by atoms with van der Waals surface area (Å²) in [6.45, 7) is 4.09. The van der Waals surface area contributed by atoms with Gasteiger partial charge in [0.25, 0.3) is 0 Å². The molecule has 1 aliphatic rings. The Labute approximate surface area is 114 Å². The third kappa shape index (κ3) is 3.06. The van der Waals surface area contributed by atoms with Crippen LogP contribution in [0.1, 0.15) is 39.5 Å². The number of unbranched alkanes of at least 4 members (excludes halogenated alkanes) is 1. The van der Waals surface area contributed by atoms with E-state index < -0.39 is 17.4 Å². The van der Waals surface area contributed by atoms with E-state index in [9.17, 15) is 9.59 Å². The van der Waals surface area contributed by atoms with Crippen molar-refractivity contribution >= 4 is 11.9 Å². The molecule has 0 saturated carbocycles. The van der Waals surface area contributed by atoms with Gasteiger partial charge in [-0.2, -0.15) is 0 Å². The fourth-order valence-electron chi connectivity index (χ4n) is 2.37. The Morgan fingerprint density at radius 3 is 2.26 bits per heavy atom. The molecule has 0 aliphatic heterocycles. The molecule has 106 valence electrons. The molecule has 19 heavy (non-hydrogen) atoms. The molecule has 0 fully saturated rings. The maximum Gasteiger partial charge on any atom is 0.327 e. The molecule has 0 unspecified atom stereocenters. The number of carbonyl (C=O) groups excluding carboxylic acids is 2. The number of hydrogen-bond acceptors (Lipinski definition) is 4. The van der Waals surface area contributed by atoms with Crippen LogP contribution in [0.15, 0.2) is 23.3 Å². The van der Waals surface area contributed by atoms with Crippen molar-refractivity contribution in [3.8, 4) is 0 Å². The zero-order valence-electron chi connectivity index (χ0n) is 12.1. The number of allylic oxidation sites excluding steroid dienone is 3. The summed E-state index contributed by atoms with van der Waals surface area (Å²) in [5, 5.41) is 0. The van der Waals surface area contributed by atoms with Gasteiger partial charge in [0.2, 0.25) is 0 Å². The van der Waals surface area contributed by atoms with Gasteiger partial charge in [-0.3, -0.25) is 9.59 Å². The molecule has 4 heteroatoms. The number of esters is 2. The molecule has 0 heterocycles. The molecule has 0 N–H and O–H groups in total. The van der Waals surface area contributed by atoms with Crippen molar-refractivity contribution in [1.82, 2.24) is 0 Å². The number of methoxy groups -OCH3 is 2. The maximum atomic E-state index is 12.0. The SMILES string of the molecule is CCCCC1=C(C)CC(C(=O)OC)(C(=O)OC)C=C1. The highest BCUT2D eigenvalue weighted by Gasteiger charge is 2.47. The lowest BCUT2D eigenvalue weighted by Gasteiger charge is -2.29. The molecule has 1 aliphatic carbocycles. The summed E-state index contributed by atoms with van der Waals surface area (Å²) in [6.07, 6.45) is 7.01.